The third kappa shape index (κ3) is 3.26. The van der Waals surface area contributed by atoms with Gasteiger partial charge in [0, 0.05) is 19.7 Å². The number of aromatic nitrogens is 1. The molecule has 1 aromatic carbocycles. The van der Waals surface area contributed by atoms with Crippen molar-refractivity contribution >= 4 is 27.6 Å². The number of likely N-dealkylation sites (tertiary alicyclic amines) is 1. The maximum Gasteiger partial charge on any atom is 0.317 e. The predicted molar refractivity (Wildman–Crippen MR) is 95.3 cm³/mol. The molecule has 1 N–H and O–H groups in total. The van der Waals surface area contributed by atoms with Crippen molar-refractivity contribution < 1.29 is 9.53 Å². The predicted octanol–water partition coefficient (Wildman–Crippen LogP) is 3.71. The van der Waals surface area contributed by atoms with E-state index in [1.807, 2.05) is 23.1 Å². The molecule has 0 aliphatic carbocycles. The van der Waals surface area contributed by atoms with Crippen LogP contribution in [0, 0.1) is 0 Å². The Morgan fingerprint density at radius 3 is 3.08 bits per heavy atom. The number of amides is 2. The van der Waals surface area contributed by atoms with E-state index in [4.69, 9.17) is 9.72 Å². The summed E-state index contributed by atoms with van der Waals surface area (Å²) in [7, 11) is 0. The summed E-state index contributed by atoms with van der Waals surface area (Å²) in [6.45, 7) is 2.36. The molecular formula is C18H23N3O2S. The van der Waals surface area contributed by atoms with Gasteiger partial charge in [0.25, 0.3) is 0 Å². The van der Waals surface area contributed by atoms with Gasteiger partial charge < -0.3 is 15.0 Å². The molecule has 128 valence electrons. The fourth-order valence-electron chi connectivity index (χ4n) is 3.61. The van der Waals surface area contributed by atoms with E-state index < -0.39 is 0 Å². The van der Waals surface area contributed by atoms with E-state index in [1.54, 1.807) is 11.3 Å². The van der Waals surface area contributed by atoms with Crippen LogP contribution >= 0.6 is 11.3 Å². The summed E-state index contributed by atoms with van der Waals surface area (Å²) in [5.41, 5.74) is 1.03. The number of nitrogens with one attached hydrogen (secondary N) is 1. The maximum atomic E-state index is 12.6. The largest absolute Gasteiger partial charge is 0.378 e. The van der Waals surface area contributed by atoms with Crippen molar-refractivity contribution in [1.82, 2.24) is 15.2 Å². The SMILES string of the molecule is O=C(NCC[C@H]1CCCO1)N1CCC[C@@H]1c1nc2ccccc2s1. The van der Waals surface area contributed by atoms with E-state index in [0.717, 1.165) is 55.8 Å². The number of rotatable bonds is 4. The molecule has 0 saturated carbocycles. The normalized spacial score (nSPS) is 23.9. The molecule has 0 spiro atoms. The molecule has 4 rings (SSSR count). The highest BCUT2D eigenvalue weighted by atomic mass is 32.1. The van der Waals surface area contributed by atoms with Crippen molar-refractivity contribution in [3.05, 3.63) is 29.3 Å². The molecule has 24 heavy (non-hydrogen) atoms. The summed E-state index contributed by atoms with van der Waals surface area (Å²) in [6, 6.07) is 8.33. The zero-order valence-electron chi connectivity index (χ0n) is 13.7. The van der Waals surface area contributed by atoms with Crippen LogP contribution in [0.15, 0.2) is 24.3 Å². The van der Waals surface area contributed by atoms with Gasteiger partial charge in [-0.25, -0.2) is 9.78 Å². The highest BCUT2D eigenvalue weighted by Gasteiger charge is 2.32. The summed E-state index contributed by atoms with van der Waals surface area (Å²) in [5, 5.41) is 4.13. The lowest BCUT2D eigenvalue weighted by atomic mass is 10.2. The number of nitrogens with zero attached hydrogens (tertiary/aromatic N) is 2. The van der Waals surface area contributed by atoms with Crippen LogP contribution in [0.4, 0.5) is 4.79 Å². The highest BCUT2D eigenvalue weighted by molar-refractivity contribution is 7.18. The summed E-state index contributed by atoms with van der Waals surface area (Å²) in [5.74, 6) is 0. The number of thiazole rings is 1. The molecule has 0 unspecified atom stereocenters. The lowest BCUT2D eigenvalue weighted by molar-refractivity contribution is 0.104. The van der Waals surface area contributed by atoms with Gasteiger partial charge in [-0.05, 0) is 44.2 Å². The lowest BCUT2D eigenvalue weighted by Crippen LogP contribution is -2.40. The van der Waals surface area contributed by atoms with E-state index in [1.165, 1.54) is 4.70 Å². The third-order valence-corrected chi connectivity index (χ3v) is 6.01. The van der Waals surface area contributed by atoms with Gasteiger partial charge in [-0.1, -0.05) is 12.1 Å². The summed E-state index contributed by atoms with van der Waals surface area (Å²) >= 11 is 1.71. The van der Waals surface area contributed by atoms with Gasteiger partial charge >= 0.3 is 6.03 Å². The second kappa shape index (κ2) is 7.07. The first-order chi connectivity index (χ1) is 11.8. The minimum atomic E-state index is 0.0368. The fraction of sp³-hybridized carbons (Fsp3) is 0.556. The molecule has 0 radical (unpaired) electrons. The Hall–Kier alpha value is -1.66. The van der Waals surface area contributed by atoms with Gasteiger partial charge in [0.15, 0.2) is 0 Å². The lowest BCUT2D eigenvalue weighted by Gasteiger charge is -2.23. The van der Waals surface area contributed by atoms with Crippen molar-refractivity contribution in [1.29, 1.82) is 0 Å². The third-order valence-electron chi connectivity index (χ3n) is 4.88. The number of hydrogen-bond donors (Lipinski definition) is 1. The smallest absolute Gasteiger partial charge is 0.317 e. The molecule has 2 fully saturated rings. The molecule has 2 amide bonds. The average molecular weight is 345 g/mol. The molecule has 3 heterocycles. The first-order valence-electron chi connectivity index (χ1n) is 8.83. The maximum absolute atomic E-state index is 12.6. The number of carbonyl (C=O) groups excluding carboxylic acids is 1. The molecule has 2 aliphatic rings. The molecule has 2 atom stereocenters. The van der Waals surface area contributed by atoms with E-state index >= 15 is 0 Å². The molecule has 5 nitrogen and oxygen atoms in total. The minimum absolute atomic E-state index is 0.0368. The van der Waals surface area contributed by atoms with Crippen LogP contribution in [-0.4, -0.2) is 41.7 Å². The number of carbonyl (C=O) groups is 1. The number of ether oxygens (including phenoxy) is 1. The number of fused-ring (bicyclic) bond motifs is 1. The Morgan fingerprint density at radius 2 is 2.25 bits per heavy atom. The molecule has 6 heteroatoms. The van der Waals surface area contributed by atoms with Crippen molar-refractivity contribution in [2.45, 2.75) is 44.2 Å². The van der Waals surface area contributed by atoms with Crippen LogP contribution in [0.25, 0.3) is 10.2 Å². The van der Waals surface area contributed by atoms with Gasteiger partial charge in [0.05, 0.1) is 22.4 Å². The van der Waals surface area contributed by atoms with Crippen LogP contribution in [0.3, 0.4) is 0 Å². The van der Waals surface area contributed by atoms with Crippen molar-refractivity contribution in [2.24, 2.45) is 0 Å². The average Bonchev–Trinajstić information content (AvgIpc) is 3.33. The van der Waals surface area contributed by atoms with Crippen LogP contribution < -0.4 is 5.32 Å². The first-order valence-corrected chi connectivity index (χ1v) is 9.64. The van der Waals surface area contributed by atoms with Crippen molar-refractivity contribution in [3.63, 3.8) is 0 Å². The van der Waals surface area contributed by atoms with Gasteiger partial charge in [-0.3, -0.25) is 0 Å². The van der Waals surface area contributed by atoms with Crippen LogP contribution in [0.1, 0.15) is 43.2 Å². The standard InChI is InChI=1S/C18H23N3O2S/c22-18(19-10-9-13-5-4-12-23-13)21-11-3-7-15(21)17-20-14-6-1-2-8-16(14)24-17/h1-2,6,8,13,15H,3-5,7,9-12H2,(H,19,22)/t13-,15-/m1/s1. The number of urea groups is 1. The molecule has 2 aromatic rings. The summed E-state index contributed by atoms with van der Waals surface area (Å²) < 4.78 is 6.80. The van der Waals surface area contributed by atoms with E-state index in [-0.39, 0.29) is 12.1 Å². The summed E-state index contributed by atoms with van der Waals surface area (Å²) in [4.78, 5) is 19.3. The molecule has 0 bridgehead atoms. The summed E-state index contributed by atoms with van der Waals surface area (Å²) in [6.07, 6.45) is 5.53. The van der Waals surface area contributed by atoms with Crippen LogP contribution in [0.5, 0.6) is 0 Å². The quantitative estimate of drug-likeness (QED) is 0.919. The number of hydrogen-bond acceptors (Lipinski definition) is 4. The monoisotopic (exact) mass is 345 g/mol. The Bertz CT molecular complexity index is 678. The Labute approximate surface area is 146 Å². The molecule has 1 aromatic heterocycles. The van der Waals surface area contributed by atoms with Gasteiger partial charge in [0.2, 0.25) is 0 Å². The van der Waals surface area contributed by atoms with E-state index in [0.29, 0.717) is 12.6 Å². The van der Waals surface area contributed by atoms with Gasteiger partial charge in [0.1, 0.15) is 5.01 Å². The van der Waals surface area contributed by atoms with Crippen molar-refractivity contribution in [3.8, 4) is 0 Å². The minimum Gasteiger partial charge on any atom is -0.378 e. The van der Waals surface area contributed by atoms with Crippen LogP contribution in [-0.2, 0) is 4.74 Å². The molecular weight excluding hydrogens is 322 g/mol. The van der Waals surface area contributed by atoms with Gasteiger partial charge in [-0.15, -0.1) is 11.3 Å². The fourth-order valence-corrected chi connectivity index (χ4v) is 4.73. The zero-order chi connectivity index (χ0) is 16.4. The first kappa shape index (κ1) is 15.8. The molecule has 2 saturated heterocycles. The Kier molecular flexibility index (Phi) is 4.67. The topological polar surface area (TPSA) is 54.5 Å². The van der Waals surface area contributed by atoms with Gasteiger partial charge in [-0.2, -0.15) is 0 Å². The second-order valence-electron chi connectivity index (χ2n) is 6.53. The highest BCUT2D eigenvalue weighted by Crippen LogP contribution is 2.36. The number of benzene rings is 1. The Morgan fingerprint density at radius 1 is 1.33 bits per heavy atom. The van der Waals surface area contributed by atoms with Crippen molar-refractivity contribution in [2.75, 3.05) is 19.7 Å². The molecule has 2 aliphatic heterocycles. The van der Waals surface area contributed by atoms with E-state index in [2.05, 4.69) is 11.4 Å². The number of para-hydroxylation sites is 1. The zero-order valence-corrected chi connectivity index (χ0v) is 14.6. The second-order valence-corrected chi connectivity index (χ2v) is 7.59. The van der Waals surface area contributed by atoms with E-state index in [9.17, 15) is 4.79 Å². The Balaban J connectivity index is 1.39. The van der Waals surface area contributed by atoms with Crippen LogP contribution in [0.2, 0.25) is 0 Å².